The molecular weight excluding hydrogens is 293 g/mol. The van der Waals surface area contributed by atoms with Gasteiger partial charge in [0.1, 0.15) is 0 Å². The van der Waals surface area contributed by atoms with Gasteiger partial charge in [-0.25, -0.2) is 0 Å². The van der Waals surface area contributed by atoms with E-state index in [0.717, 1.165) is 3.57 Å². The molecule has 0 bridgehead atoms. The van der Waals surface area contributed by atoms with Crippen LogP contribution < -0.4 is 5.32 Å². The molecule has 1 rings (SSSR count). The maximum Gasteiger partial charge on any atom is 0.257 e. The van der Waals surface area contributed by atoms with Crippen LogP contribution in [0, 0.1) is 3.57 Å². The summed E-state index contributed by atoms with van der Waals surface area (Å²) in [5.41, 5.74) is 0.513. The van der Waals surface area contributed by atoms with Crippen molar-refractivity contribution in [2.45, 2.75) is 13.3 Å². The van der Waals surface area contributed by atoms with Gasteiger partial charge in [-0.1, -0.05) is 13.0 Å². The highest BCUT2D eigenvalue weighted by atomic mass is 127. The molecule has 1 N–H and O–H groups in total. The fourth-order valence-electron chi connectivity index (χ4n) is 0.917. The van der Waals surface area contributed by atoms with Crippen molar-refractivity contribution in [1.82, 2.24) is 5.32 Å². The summed E-state index contributed by atoms with van der Waals surface area (Å²) in [6, 6.07) is 7.09. The van der Waals surface area contributed by atoms with E-state index < -0.39 is 0 Å². The number of halogens is 1. The lowest BCUT2D eigenvalue weighted by Gasteiger charge is -2.02. The van der Waals surface area contributed by atoms with Crippen LogP contribution in [-0.4, -0.2) is 11.8 Å². The average molecular weight is 303 g/mol. The first-order valence-corrected chi connectivity index (χ1v) is 5.31. The standard InChI is InChI=1S/C10H10INO2/c1-2-9(13)12-10(14)7-4-3-5-8(11)6-7/h3-6H,2H2,1H3,(H,12,13,14). The maximum atomic E-state index is 11.4. The van der Waals surface area contributed by atoms with Crippen LogP contribution in [0.5, 0.6) is 0 Å². The van der Waals surface area contributed by atoms with Gasteiger partial charge < -0.3 is 0 Å². The van der Waals surface area contributed by atoms with Gasteiger partial charge >= 0.3 is 0 Å². The smallest absolute Gasteiger partial charge is 0.257 e. The minimum Gasteiger partial charge on any atom is -0.292 e. The first-order chi connectivity index (χ1) is 6.63. The molecule has 2 amide bonds. The topological polar surface area (TPSA) is 46.2 Å². The first kappa shape index (κ1) is 11.2. The molecule has 1 aromatic carbocycles. The van der Waals surface area contributed by atoms with E-state index in [-0.39, 0.29) is 11.8 Å². The van der Waals surface area contributed by atoms with Gasteiger partial charge in [-0.3, -0.25) is 14.9 Å². The normalized spacial score (nSPS) is 9.57. The van der Waals surface area contributed by atoms with Gasteiger partial charge in [-0.05, 0) is 40.8 Å². The number of carbonyl (C=O) groups excluding carboxylic acids is 2. The summed E-state index contributed by atoms with van der Waals surface area (Å²) in [5.74, 6) is -0.593. The minimum atomic E-state index is -0.338. The van der Waals surface area contributed by atoms with Crippen molar-refractivity contribution >= 4 is 34.4 Å². The Kier molecular flexibility index (Phi) is 4.06. The summed E-state index contributed by atoms with van der Waals surface area (Å²) in [6.07, 6.45) is 0.315. The highest BCUT2D eigenvalue weighted by molar-refractivity contribution is 14.1. The van der Waals surface area contributed by atoms with E-state index in [1.165, 1.54) is 0 Å². The monoisotopic (exact) mass is 303 g/mol. The van der Waals surface area contributed by atoms with Gasteiger partial charge in [0.15, 0.2) is 0 Å². The fraction of sp³-hybridized carbons (Fsp3) is 0.200. The van der Waals surface area contributed by atoms with Crippen molar-refractivity contribution in [3.8, 4) is 0 Å². The van der Waals surface area contributed by atoms with Crippen molar-refractivity contribution in [2.75, 3.05) is 0 Å². The molecule has 0 aromatic heterocycles. The fourth-order valence-corrected chi connectivity index (χ4v) is 1.46. The van der Waals surface area contributed by atoms with Gasteiger partial charge in [0.2, 0.25) is 5.91 Å². The second-order valence-corrected chi connectivity index (χ2v) is 3.99. The van der Waals surface area contributed by atoms with Crippen molar-refractivity contribution in [3.63, 3.8) is 0 Å². The Morgan fingerprint density at radius 2 is 2.14 bits per heavy atom. The predicted molar refractivity (Wildman–Crippen MR) is 61.9 cm³/mol. The minimum absolute atomic E-state index is 0.256. The second-order valence-electron chi connectivity index (χ2n) is 2.74. The molecule has 14 heavy (non-hydrogen) atoms. The van der Waals surface area contributed by atoms with E-state index in [2.05, 4.69) is 27.9 Å². The van der Waals surface area contributed by atoms with E-state index in [1.807, 2.05) is 6.07 Å². The number of carbonyl (C=O) groups is 2. The number of hydrogen-bond donors (Lipinski definition) is 1. The summed E-state index contributed by atoms with van der Waals surface area (Å²) in [7, 11) is 0. The zero-order valence-electron chi connectivity index (χ0n) is 7.71. The molecule has 1 aromatic rings. The lowest BCUT2D eigenvalue weighted by atomic mass is 10.2. The van der Waals surface area contributed by atoms with Gasteiger partial charge in [-0.2, -0.15) is 0 Å². The van der Waals surface area contributed by atoms with E-state index in [9.17, 15) is 9.59 Å². The van der Waals surface area contributed by atoms with E-state index in [1.54, 1.807) is 25.1 Å². The van der Waals surface area contributed by atoms with E-state index >= 15 is 0 Å². The van der Waals surface area contributed by atoms with Gasteiger partial charge in [0.05, 0.1) is 0 Å². The van der Waals surface area contributed by atoms with E-state index in [4.69, 9.17) is 0 Å². The third-order valence-electron chi connectivity index (χ3n) is 1.66. The highest BCUT2D eigenvalue weighted by Gasteiger charge is 2.08. The predicted octanol–water partition coefficient (Wildman–Crippen LogP) is 1.96. The molecule has 0 aliphatic heterocycles. The molecule has 0 aliphatic carbocycles. The maximum absolute atomic E-state index is 11.4. The molecule has 0 aliphatic rings. The lowest BCUT2D eigenvalue weighted by Crippen LogP contribution is -2.29. The molecule has 0 saturated heterocycles. The molecule has 74 valence electrons. The third kappa shape index (κ3) is 3.10. The summed E-state index contributed by atoms with van der Waals surface area (Å²) in [4.78, 5) is 22.4. The SMILES string of the molecule is CCC(=O)NC(=O)c1cccc(I)c1. The number of rotatable bonds is 2. The number of hydrogen-bond acceptors (Lipinski definition) is 2. The molecule has 0 fully saturated rings. The first-order valence-electron chi connectivity index (χ1n) is 4.23. The molecular formula is C10H10INO2. The Bertz CT molecular complexity index is 363. The van der Waals surface area contributed by atoms with Gasteiger partial charge in [0, 0.05) is 15.6 Å². The molecule has 0 atom stereocenters. The van der Waals surface area contributed by atoms with Crippen LogP contribution in [0.15, 0.2) is 24.3 Å². The van der Waals surface area contributed by atoms with Crippen LogP contribution in [0.4, 0.5) is 0 Å². The molecule has 3 nitrogen and oxygen atoms in total. The van der Waals surface area contributed by atoms with Crippen molar-refractivity contribution < 1.29 is 9.59 Å². The molecule has 0 radical (unpaired) electrons. The molecule has 0 heterocycles. The molecule has 0 unspecified atom stereocenters. The van der Waals surface area contributed by atoms with Crippen molar-refractivity contribution in [1.29, 1.82) is 0 Å². The van der Waals surface area contributed by atoms with E-state index in [0.29, 0.717) is 12.0 Å². The highest BCUT2D eigenvalue weighted by Crippen LogP contribution is 2.07. The number of nitrogens with one attached hydrogen (secondary N) is 1. The van der Waals surface area contributed by atoms with Gasteiger partial charge in [0.25, 0.3) is 5.91 Å². The number of imide groups is 1. The molecule has 0 saturated carbocycles. The van der Waals surface area contributed by atoms with Crippen LogP contribution in [0.2, 0.25) is 0 Å². The quantitative estimate of drug-likeness (QED) is 0.849. The van der Waals surface area contributed by atoms with Crippen LogP contribution in [0.1, 0.15) is 23.7 Å². The Labute approximate surface area is 96.0 Å². The van der Waals surface area contributed by atoms with Crippen LogP contribution in [-0.2, 0) is 4.79 Å². The number of benzene rings is 1. The molecule has 0 spiro atoms. The lowest BCUT2D eigenvalue weighted by molar-refractivity contribution is -0.119. The summed E-state index contributed by atoms with van der Waals surface area (Å²) >= 11 is 2.12. The van der Waals surface area contributed by atoms with Gasteiger partial charge in [-0.15, -0.1) is 0 Å². The molecule has 4 heteroatoms. The zero-order chi connectivity index (χ0) is 10.6. The Balaban J connectivity index is 2.75. The summed E-state index contributed by atoms with van der Waals surface area (Å²) < 4.78 is 0.971. The largest absolute Gasteiger partial charge is 0.292 e. The third-order valence-corrected chi connectivity index (χ3v) is 2.33. The Morgan fingerprint density at radius 1 is 1.43 bits per heavy atom. The average Bonchev–Trinajstić information content (AvgIpc) is 2.17. The van der Waals surface area contributed by atoms with Crippen LogP contribution in [0.25, 0.3) is 0 Å². The van der Waals surface area contributed by atoms with Crippen molar-refractivity contribution in [3.05, 3.63) is 33.4 Å². The zero-order valence-corrected chi connectivity index (χ0v) is 9.87. The number of amides is 2. The summed E-state index contributed by atoms with van der Waals surface area (Å²) in [5, 5.41) is 2.29. The Hall–Kier alpha value is -0.910. The second kappa shape index (κ2) is 5.09. The van der Waals surface area contributed by atoms with Crippen LogP contribution >= 0.6 is 22.6 Å². The summed E-state index contributed by atoms with van der Waals surface area (Å²) in [6.45, 7) is 1.71. The Morgan fingerprint density at radius 3 is 2.71 bits per heavy atom. The van der Waals surface area contributed by atoms with Crippen molar-refractivity contribution in [2.24, 2.45) is 0 Å². The van der Waals surface area contributed by atoms with Crippen LogP contribution in [0.3, 0.4) is 0 Å².